The summed E-state index contributed by atoms with van der Waals surface area (Å²) in [5.41, 5.74) is 2.61. The van der Waals surface area contributed by atoms with Crippen molar-refractivity contribution in [2.75, 3.05) is 7.05 Å². The molecule has 1 saturated heterocycles. The van der Waals surface area contributed by atoms with Crippen LogP contribution in [0.4, 0.5) is 0 Å². The van der Waals surface area contributed by atoms with E-state index in [4.69, 9.17) is 9.31 Å². The topological polar surface area (TPSA) is 41.9 Å². The van der Waals surface area contributed by atoms with E-state index in [-0.39, 0.29) is 24.4 Å². The molecule has 1 N–H and O–H groups in total. The van der Waals surface area contributed by atoms with Crippen molar-refractivity contribution in [3.8, 4) is 0 Å². The summed E-state index contributed by atoms with van der Waals surface area (Å²) in [6.45, 7) is 13.1. The highest BCUT2D eigenvalue weighted by Crippen LogP contribution is 2.36. The molecule has 4 nitrogen and oxygen atoms in total. The molecule has 0 amide bonds. The lowest BCUT2D eigenvalue weighted by atomic mass is 9.79. The monoisotopic (exact) mass is 343 g/mol. The summed E-state index contributed by atoms with van der Waals surface area (Å²) in [6.07, 6.45) is 1.31. The zero-order valence-electron chi connectivity index (χ0n) is 16.1. The van der Waals surface area contributed by atoms with Gasteiger partial charge in [0.2, 0.25) is 0 Å². The van der Waals surface area contributed by atoms with E-state index in [9.17, 15) is 5.11 Å². The van der Waals surface area contributed by atoms with Crippen LogP contribution in [0, 0.1) is 0 Å². The minimum atomic E-state index is -0.349. The molecule has 1 aromatic carbocycles. The molecule has 1 aliphatic heterocycles. The van der Waals surface area contributed by atoms with Crippen LogP contribution in [0.1, 0.15) is 46.1 Å². The Morgan fingerprint density at radius 1 is 1.16 bits per heavy atom. The molecule has 136 valence electrons. The van der Waals surface area contributed by atoms with Gasteiger partial charge in [0, 0.05) is 12.6 Å². The molecule has 3 rings (SSSR count). The molecule has 1 aliphatic carbocycles. The van der Waals surface area contributed by atoms with Gasteiger partial charge in [-0.05, 0) is 64.2 Å². The third-order valence-electron chi connectivity index (χ3n) is 6.02. The first kappa shape index (κ1) is 18.6. The lowest BCUT2D eigenvalue weighted by Crippen LogP contribution is -2.41. The number of aliphatic hydroxyl groups excluding tert-OH is 1. The second-order valence-corrected chi connectivity index (χ2v) is 8.51. The van der Waals surface area contributed by atoms with Crippen LogP contribution in [-0.2, 0) is 15.9 Å². The molecule has 2 unspecified atom stereocenters. The van der Waals surface area contributed by atoms with Crippen LogP contribution in [0.5, 0.6) is 0 Å². The fraction of sp³-hybridized carbons (Fsp3) is 0.600. The molecule has 1 aromatic rings. The lowest BCUT2D eigenvalue weighted by molar-refractivity contribution is 0.00578. The Morgan fingerprint density at radius 3 is 2.20 bits per heavy atom. The van der Waals surface area contributed by atoms with Crippen molar-refractivity contribution < 1.29 is 14.4 Å². The largest absolute Gasteiger partial charge is 0.494 e. The predicted octanol–water partition coefficient (Wildman–Crippen LogP) is 2.50. The maximum atomic E-state index is 9.87. The summed E-state index contributed by atoms with van der Waals surface area (Å²) < 4.78 is 12.2. The first-order valence-electron chi connectivity index (χ1n) is 9.09. The predicted molar refractivity (Wildman–Crippen MR) is 102 cm³/mol. The van der Waals surface area contributed by atoms with Crippen LogP contribution in [0.15, 0.2) is 36.4 Å². The van der Waals surface area contributed by atoms with Gasteiger partial charge in [-0.2, -0.15) is 0 Å². The third-order valence-corrected chi connectivity index (χ3v) is 6.02. The number of benzene rings is 1. The molecule has 5 heteroatoms. The average molecular weight is 343 g/mol. The highest BCUT2D eigenvalue weighted by molar-refractivity contribution is 6.62. The first-order valence-corrected chi connectivity index (χ1v) is 9.09. The van der Waals surface area contributed by atoms with Gasteiger partial charge in [-0.3, -0.25) is 4.90 Å². The molecule has 2 fully saturated rings. The van der Waals surface area contributed by atoms with Gasteiger partial charge in [0.15, 0.2) is 0 Å². The molecule has 1 heterocycles. The molecule has 0 radical (unpaired) electrons. The standard InChI is InChI=1S/C20H30BNO3/c1-14-11-17(12-18(14)23)22(6)13-15-7-9-16(10-8-15)21-24-19(2,3)20(4,5)25-21/h7-10,17-18,23H,1,11-13H2,2-6H3. The molecule has 2 atom stereocenters. The zero-order valence-corrected chi connectivity index (χ0v) is 16.1. The van der Waals surface area contributed by atoms with Crippen LogP contribution >= 0.6 is 0 Å². The highest BCUT2D eigenvalue weighted by atomic mass is 16.7. The summed E-state index contributed by atoms with van der Waals surface area (Å²) in [5, 5.41) is 9.87. The summed E-state index contributed by atoms with van der Waals surface area (Å²) >= 11 is 0. The van der Waals surface area contributed by atoms with Crippen LogP contribution < -0.4 is 5.46 Å². The minimum absolute atomic E-state index is 0.315. The quantitative estimate of drug-likeness (QED) is 0.674. The number of hydrogen-bond acceptors (Lipinski definition) is 4. The van der Waals surface area contributed by atoms with Crippen molar-refractivity contribution in [2.24, 2.45) is 0 Å². The molecule has 1 saturated carbocycles. The average Bonchev–Trinajstić information content (AvgIpc) is 2.96. The maximum absolute atomic E-state index is 9.87. The van der Waals surface area contributed by atoms with E-state index >= 15 is 0 Å². The third kappa shape index (κ3) is 3.70. The summed E-state index contributed by atoms with van der Waals surface area (Å²) in [4.78, 5) is 2.30. The van der Waals surface area contributed by atoms with Crippen LogP contribution in [-0.4, -0.2) is 47.5 Å². The van der Waals surface area contributed by atoms with Gasteiger partial charge in [0.25, 0.3) is 0 Å². The van der Waals surface area contributed by atoms with Gasteiger partial charge >= 0.3 is 7.12 Å². The van der Waals surface area contributed by atoms with Crippen LogP contribution in [0.2, 0.25) is 0 Å². The van der Waals surface area contributed by atoms with Gasteiger partial charge in [0.05, 0.1) is 17.3 Å². The van der Waals surface area contributed by atoms with Crippen molar-refractivity contribution >= 4 is 12.6 Å². The normalized spacial score (nSPS) is 28.1. The lowest BCUT2D eigenvalue weighted by Gasteiger charge is -2.32. The van der Waals surface area contributed by atoms with Gasteiger partial charge in [-0.25, -0.2) is 0 Å². The van der Waals surface area contributed by atoms with E-state index < -0.39 is 0 Å². The first-order chi connectivity index (χ1) is 11.6. The van der Waals surface area contributed by atoms with E-state index in [0.29, 0.717) is 6.04 Å². The highest BCUT2D eigenvalue weighted by Gasteiger charge is 2.51. The van der Waals surface area contributed by atoms with Crippen LogP contribution in [0.3, 0.4) is 0 Å². The van der Waals surface area contributed by atoms with Gasteiger partial charge in [0.1, 0.15) is 0 Å². The Bertz CT molecular complexity index is 625. The van der Waals surface area contributed by atoms with Crippen LogP contribution in [0.25, 0.3) is 0 Å². The SMILES string of the molecule is C=C1CC(N(C)Cc2ccc(B3OC(C)(C)C(C)(C)O3)cc2)CC1O. The minimum Gasteiger partial charge on any atom is -0.399 e. The Morgan fingerprint density at radius 2 is 1.72 bits per heavy atom. The molecule has 0 bridgehead atoms. The number of aliphatic hydroxyl groups is 1. The second-order valence-electron chi connectivity index (χ2n) is 8.51. The van der Waals surface area contributed by atoms with Crippen molar-refractivity contribution in [1.29, 1.82) is 0 Å². The Hall–Kier alpha value is -1.14. The van der Waals surface area contributed by atoms with E-state index in [2.05, 4.69) is 70.5 Å². The van der Waals surface area contributed by atoms with E-state index in [1.807, 2.05) is 0 Å². The Labute approximate surface area is 152 Å². The van der Waals surface area contributed by atoms with Crippen molar-refractivity contribution in [3.05, 3.63) is 42.0 Å². The number of nitrogens with zero attached hydrogens (tertiary/aromatic N) is 1. The van der Waals surface area contributed by atoms with Crippen molar-refractivity contribution in [3.63, 3.8) is 0 Å². The summed E-state index contributed by atoms with van der Waals surface area (Å²) in [6, 6.07) is 8.82. The van der Waals surface area contributed by atoms with Gasteiger partial charge in [-0.15, -0.1) is 0 Å². The Kier molecular flexibility index (Phi) is 4.88. The molecule has 0 spiro atoms. The Balaban J connectivity index is 1.62. The molecule has 25 heavy (non-hydrogen) atoms. The van der Waals surface area contributed by atoms with E-state index in [0.717, 1.165) is 30.4 Å². The van der Waals surface area contributed by atoms with E-state index in [1.54, 1.807) is 0 Å². The molecular weight excluding hydrogens is 313 g/mol. The van der Waals surface area contributed by atoms with Crippen molar-refractivity contribution in [2.45, 2.75) is 70.4 Å². The number of hydrogen-bond donors (Lipinski definition) is 1. The second kappa shape index (κ2) is 6.55. The fourth-order valence-electron chi connectivity index (χ4n) is 3.46. The molecule has 0 aromatic heterocycles. The summed E-state index contributed by atoms with van der Waals surface area (Å²) in [5.74, 6) is 0. The maximum Gasteiger partial charge on any atom is 0.494 e. The van der Waals surface area contributed by atoms with Crippen molar-refractivity contribution in [1.82, 2.24) is 4.90 Å². The number of rotatable bonds is 4. The smallest absolute Gasteiger partial charge is 0.399 e. The van der Waals surface area contributed by atoms with E-state index in [1.165, 1.54) is 5.56 Å². The molecular formula is C20H30BNO3. The zero-order chi connectivity index (χ0) is 18.4. The molecule has 2 aliphatic rings. The fourth-order valence-corrected chi connectivity index (χ4v) is 3.46. The van der Waals surface area contributed by atoms with Gasteiger partial charge < -0.3 is 14.4 Å². The van der Waals surface area contributed by atoms with Gasteiger partial charge in [-0.1, -0.05) is 30.8 Å². The summed E-state index contributed by atoms with van der Waals surface area (Å²) in [7, 11) is 1.79.